The third-order valence-electron chi connectivity index (χ3n) is 4.33. The van der Waals surface area contributed by atoms with Crippen LogP contribution in [-0.4, -0.2) is 39.3 Å². The van der Waals surface area contributed by atoms with Gasteiger partial charge in [-0.3, -0.25) is 4.99 Å². The highest BCUT2D eigenvalue weighted by molar-refractivity contribution is 14.0. The fourth-order valence-corrected chi connectivity index (χ4v) is 2.90. The second kappa shape index (κ2) is 10.1. The zero-order chi connectivity index (χ0) is 15.8. The van der Waals surface area contributed by atoms with Crippen molar-refractivity contribution in [3.05, 3.63) is 35.9 Å². The Morgan fingerprint density at radius 2 is 1.83 bits per heavy atom. The van der Waals surface area contributed by atoms with Crippen molar-refractivity contribution in [1.82, 2.24) is 10.6 Å². The third kappa shape index (κ3) is 5.95. The van der Waals surface area contributed by atoms with Gasteiger partial charge >= 0.3 is 0 Å². The van der Waals surface area contributed by atoms with Gasteiger partial charge in [0, 0.05) is 38.8 Å². The molecule has 0 atom stereocenters. The summed E-state index contributed by atoms with van der Waals surface area (Å²) in [6, 6.07) is 10.8. The lowest BCUT2D eigenvalue weighted by molar-refractivity contribution is 0.0514. The number of rotatable bonds is 5. The highest BCUT2D eigenvalue weighted by Gasteiger charge is 2.34. The molecule has 0 amide bonds. The fourth-order valence-electron chi connectivity index (χ4n) is 2.90. The van der Waals surface area contributed by atoms with Crippen LogP contribution in [0, 0.1) is 5.92 Å². The van der Waals surface area contributed by atoms with Crippen LogP contribution in [0.25, 0.3) is 0 Å². The Bertz CT molecular complexity index is 470. The lowest BCUT2D eigenvalue weighted by atomic mass is 9.74. The van der Waals surface area contributed by atoms with Crippen LogP contribution in [0.2, 0.25) is 0 Å². The quantitative estimate of drug-likeness (QED) is 0.428. The summed E-state index contributed by atoms with van der Waals surface area (Å²) in [5, 5.41) is 6.90. The number of guanidine groups is 1. The number of aliphatic imine (C=N–C) groups is 1. The molecule has 0 aromatic heterocycles. The summed E-state index contributed by atoms with van der Waals surface area (Å²) in [6.07, 6.45) is 2.09. The minimum absolute atomic E-state index is 0. The molecule has 1 aliphatic rings. The molecule has 0 saturated carbocycles. The van der Waals surface area contributed by atoms with E-state index < -0.39 is 0 Å². The van der Waals surface area contributed by atoms with E-state index in [2.05, 4.69) is 59.8 Å². The van der Waals surface area contributed by atoms with Gasteiger partial charge in [-0.15, -0.1) is 24.0 Å². The molecule has 1 saturated heterocycles. The van der Waals surface area contributed by atoms with E-state index in [1.165, 1.54) is 5.56 Å². The summed E-state index contributed by atoms with van der Waals surface area (Å²) in [5.74, 6) is 1.49. The minimum atomic E-state index is 0. The van der Waals surface area contributed by atoms with E-state index in [-0.39, 0.29) is 29.4 Å². The van der Waals surface area contributed by atoms with Crippen molar-refractivity contribution in [1.29, 1.82) is 0 Å². The zero-order valence-electron chi connectivity index (χ0n) is 14.5. The number of benzene rings is 1. The molecular formula is C18H30IN3O. The summed E-state index contributed by atoms with van der Waals surface area (Å²) in [7, 11) is 1.83. The third-order valence-corrected chi connectivity index (χ3v) is 4.33. The number of hydrogen-bond acceptors (Lipinski definition) is 2. The molecule has 1 fully saturated rings. The van der Waals surface area contributed by atoms with Crippen LogP contribution in [0.5, 0.6) is 0 Å². The molecule has 1 aromatic carbocycles. The fraction of sp³-hybridized carbons (Fsp3) is 0.611. The Hall–Kier alpha value is -0.820. The van der Waals surface area contributed by atoms with Gasteiger partial charge in [0.15, 0.2) is 5.96 Å². The van der Waals surface area contributed by atoms with Gasteiger partial charge in [0.25, 0.3) is 0 Å². The van der Waals surface area contributed by atoms with E-state index in [1.807, 2.05) is 7.05 Å². The predicted octanol–water partition coefficient (Wildman–Crippen LogP) is 3.17. The van der Waals surface area contributed by atoms with Crippen LogP contribution in [0.1, 0.15) is 32.3 Å². The maximum Gasteiger partial charge on any atom is 0.191 e. The molecule has 2 N–H and O–H groups in total. The first-order chi connectivity index (χ1) is 10.7. The number of ether oxygens (including phenoxy) is 1. The molecule has 23 heavy (non-hydrogen) atoms. The molecule has 130 valence electrons. The Morgan fingerprint density at radius 3 is 2.39 bits per heavy atom. The van der Waals surface area contributed by atoms with Crippen LogP contribution in [0.15, 0.2) is 35.3 Å². The lowest BCUT2D eigenvalue weighted by Crippen LogP contribution is -2.48. The highest BCUT2D eigenvalue weighted by Crippen LogP contribution is 2.34. The molecule has 5 heteroatoms. The standard InChI is InChI=1S/C18H29N3O.HI/c1-15(2)13-20-17(19-3)21-14-18(9-11-22-12-10-18)16-7-5-4-6-8-16;/h4-8,15H,9-14H2,1-3H3,(H2,19,20,21);1H. The second-order valence-corrected chi connectivity index (χ2v) is 6.46. The van der Waals surface area contributed by atoms with Crippen LogP contribution >= 0.6 is 24.0 Å². The van der Waals surface area contributed by atoms with Crippen molar-refractivity contribution in [3.63, 3.8) is 0 Å². The average Bonchev–Trinajstić information content (AvgIpc) is 2.56. The smallest absolute Gasteiger partial charge is 0.191 e. The van der Waals surface area contributed by atoms with E-state index in [1.54, 1.807) is 0 Å². The summed E-state index contributed by atoms with van der Waals surface area (Å²) in [4.78, 5) is 4.33. The molecule has 1 heterocycles. The first-order valence-corrected chi connectivity index (χ1v) is 8.24. The summed E-state index contributed by atoms with van der Waals surface area (Å²) < 4.78 is 5.58. The first kappa shape index (κ1) is 20.2. The molecular weight excluding hydrogens is 401 g/mol. The van der Waals surface area contributed by atoms with Crippen LogP contribution in [0.4, 0.5) is 0 Å². The van der Waals surface area contributed by atoms with E-state index in [9.17, 15) is 0 Å². The highest BCUT2D eigenvalue weighted by atomic mass is 127. The summed E-state index contributed by atoms with van der Waals surface area (Å²) in [6.45, 7) is 7.87. The largest absolute Gasteiger partial charge is 0.381 e. The van der Waals surface area contributed by atoms with E-state index in [0.717, 1.165) is 45.1 Å². The van der Waals surface area contributed by atoms with E-state index >= 15 is 0 Å². The van der Waals surface area contributed by atoms with Crippen molar-refractivity contribution in [2.45, 2.75) is 32.1 Å². The van der Waals surface area contributed by atoms with E-state index in [4.69, 9.17) is 4.74 Å². The molecule has 0 bridgehead atoms. The van der Waals surface area contributed by atoms with Gasteiger partial charge in [-0.1, -0.05) is 44.2 Å². The average molecular weight is 431 g/mol. The summed E-state index contributed by atoms with van der Waals surface area (Å²) >= 11 is 0. The Morgan fingerprint density at radius 1 is 1.17 bits per heavy atom. The number of halogens is 1. The number of nitrogens with one attached hydrogen (secondary N) is 2. The van der Waals surface area contributed by atoms with Crippen LogP contribution < -0.4 is 10.6 Å². The number of hydrogen-bond donors (Lipinski definition) is 2. The Labute approximate surface area is 157 Å². The maximum absolute atomic E-state index is 5.58. The molecule has 0 unspecified atom stereocenters. The van der Waals surface area contributed by atoms with Crippen molar-refractivity contribution in [2.24, 2.45) is 10.9 Å². The van der Waals surface area contributed by atoms with Crippen molar-refractivity contribution >= 4 is 29.9 Å². The van der Waals surface area contributed by atoms with Gasteiger partial charge in [0.2, 0.25) is 0 Å². The molecule has 0 radical (unpaired) electrons. The van der Waals surface area contributed by atoms with Gasteiger partial charge in [-0.2, -0.15) is 0 Å². The Kier molecular flexibility index (Phi) is 8.91. The predicted molar refractivity (Wildman–Crippen MR) is 108 cm³/mol. The minimum Gasteiger partial charge on any atom is -0.381 e. The first-order valence-electron chi connectivity index (χ1n) is 8.24. The van der Waals surface area contributed by atoms with Crippen LogP contribution in [0.3, 0.4) is 0 Å². The molecule has 2 rings (SSSR count). The zero-order valence-corrected chi connectivity index (χ0v) is 16.8. The number of nitrogens with zero attached hydrogens (tertiary/aromatic N) is 1. The van der Waals surface area contributed by atoms with E-state index in [0.29, 0.717) is 5.92 Å². The molecule has 0 spiro atoms. The van der Waals surface area contributed by atoms with Gasteiger partial charge < -0.3 is 15.4 Å². The van der Waals surface area contributed by atoms with Crippen molar-refractivity contribution in [3.8, 4) is 0 Å². The normalized spacial score (nSPS) is 17.5. The Balaban J connectivity index is 0.00000264. The van der Waals surface area contributed by atoms with Crippen molar-refractivity contribution in [2.75, 3.05) is 33.4 Å². The second-order valence-electron chi connectivity index (χ2n) is 6.46. The monoisotopic (exact) mass is 431 g/mol. The van der Waals surface area contributed by atoms with Crippen LogP contribution in [-0.2, 0) is 10.2 Å². The summed E-state index contributed by atoms with van der Waals surface area (Å²) in [5.41, 5.74) is 1.53. The van der Waals surface area contributed by atoms with Gasteiger partial charge in [-0.25, -0.2) is 0 Å². The van der Waals surface area contributed by atoms with Crippen molar-refractivity contribution < 1.29 is 4.74 Å². The topological polar surface area (TPSA) is 45.7 Å². The maximum atomic E-state index is 5.58. The molecule has 1 aromatic rings. The molecule has 0 aliphatic carbocycles. The van der Waals surface area contributed by atoms with Gasteiger partial charge in [0.05, 0.1) is 0 Å². The van der Waals surface area contributed by atoms with Gasteiger partial charge in [0.1, 0.15) is 0 Å². The van der Waals surface area contributed by atoms with Gasteiger partial charge in [-0.05, 0) is 24.3 Å². The molecule has 4 nitrogen and oxygen atoms in total. The molecule has 1 aliphatic heterocycles. The SMILES string of the molecule is CN=C(NCC(C)C)NCC1(c2ccccc2)CCOCC1.I. The lowest BCUT2D eigenvalue weighted by Gasteiger charge is -2.38.